The smallest absolute Gasteiger partial charge is 0.261 e. The number of benzene rings is 1. The summed E-state index contributed by atoms with van der Waals surface area (Å²) in [6.07, 6.45) is 2.70. The summed E-state index contributed by atoms with van der Waals surface area (Å²) in [6.45, 7) is 0. The second kappa shape index (κ2) is 5.26. The van der Waals surface area contributed by atoms with E-state index in [0.717, 1.165) is 31.2 Å². The lowest BCUT2D eigenvalue weighted by atomic mass is 10.2. The molecule has 6 nitrogen and oxygen atoms in total. The maximum Gasteiger partial charge on any atom is 0.261 e. The predicted molar refractivity (Wildman–Crippen MR) is 77.7 cm³/mol. The minimum atomic E-state index is -4.13. The van der Waals surface area contributed by atoms with E-state index in [1.54, 1.807) is 7.05 Å². The highest BCUT2D eigenvalue weighted by atomic mass is 35.7. The standard InChI is InChI=1S/C12H14ClNO5S2/c1-14(9-3-4-9)12(15)8-5-10(20(2,16)17)7-11(6-8)21(13,18)19/h5-7,9H,3-4H2,1-2H3. The van der Waals surface area contributed by atoms with Crippen LogP contribution in [0.4, 0.5) is 0 Å². The van der Waals surface area contributed by atoms with Gasteiger partial charge in [-0.05, 0) is 31.0 Å². The summed E-state index contributed by atoms with van der Waals surface area (Å²) in [6, 6.07) is 3.33. The molecule has 21 heavy (non-hydrogen) atoms. The van der Waals surface area contributed by atoms with E-state index in [1.807, 2.05) is 0 Å². The first kappa shape index (κ1) is 16.3. The molecule has 0 atom stereocenters. The van der Waals surface area contributed by atoms with Gasteiger partial charge in [-0.3, -0.25) is 4.79 Å². The molecule has 9 heteroatoms. The molecule has 0 saturated heterocycles. The number of hydrogen-bond donors (Lipinski definition) is 0. The highest BCUT2D eigenvalue weighted by Crippen LogP contribution is 2.28. The fourth-order valence-electron chi connectivity index (χ4n) is 1.88. The quantitative estimate of drug-likeness (QED) is 0.762. The predicted octanol–water partition coefficient (Wildman–Crippen LogP) is 1.25. The molecule has 1 amide bonds. The molecule has 0 bridgehead atoms. The molecule has 1 fully saturated rings. The zero-order chi connectivity index (χ0) is 16.0. The van der Waals surface area contributed by atoms with Crippen LogP contribution < -0.4 is 0 Å². The third-order valence-corrected chi connectivity index (χ3v) is 5.68. The Labute approximate surface area is 128 Å². The van der Waals surface area contributed by atoms with E-state index >= 15 is 0 Å². The molecule has 0 unspecified atom stereocenters. The average molecular weight is 352 g/mol. The number of sulfone groups is 1. The maximum atomic E-state index is 12.3. The van der Waals surface area contributed by atoms with Crippen LogP contribution in [-0.2, 0) is 18.9 Å². The van der Waals surface area contributed by atoms with E-state index in [2.05, 4.69) is 0 Å². The molecule has 0 spiro atoms. The minimum Gasteiger partial charge on any atom is -0.339 e. The van der Waals surface area contributed by atoms with Crippen LogP contribution in [-0.4, -0.2) is 47.0 Å². The van der Waals surface area contributed by atoms with Crippen LogP contribution in [0.15, 0.2) is 28.0 Å². The average Bonchev–Trinajstić information content (AvgIpc) is 3.18. The van der Waals surface area contributed by atoms with E-state index in [-0.39, 0.29) is 16.5 Å². The lowest BCUT2D eigenvalue weighted by molar-refractivity contribution is 0.0784. The van der Waals surface area contributed by atoms with Crippen molar-refractivity contribution in [3.63, 3.8) is 0 Å². The molecule has 0 heterocycles. The molecule has 1 aliphatic carbocycles. The molecule has 0 radical (unpaired) electrons. The molecule has 0 aliphatic heterocycles. The number of carbonyl (C=O) groups excluding carboxylic acids is 1. The van der Waals surface area contributed by atoms with Crippen LogP contribution >= 0.6 is 10.7 Å². The second-order valence-electron chi connectivity index (χ2n) is 5.05. The van der Waals surface area contributed by atoms with E-state index < -0.39 is 29.7 Å². The Hall–Kier alpha value is -1.12. The maximum absolute atomic E-state index is 12.3. The van der Waals surface area contributed by atoms with Crippen molar-refractivity contribution in [3.05, 3.63) is 23.8 Å². The highest BCUT2D eigenvalue weighted by molar-refractivity contribution is 8.13. The van der Waals surface area contributed by atoms with Crippen molar-refractivity contribution in [2.75, 3.05) is 13.3 Å². The summed E-state index contributed by atoms with van der Waals surface area (Å²) in [4.78, 5) is 13.1. The van der Waals surface area contributed by atoms with Crippen molar-refractivity contribution < 1.29 is 21.6 Å². The van der Waals surface area contributed by atoms with Gasteiger partial charge in [0, 0.05) is 35.6 Å². The van der Waals surface area contributed by atoms with Gasteiger partial charge in [-0.15, -0.1) is 0 Å². The van der Waals surface area contributed by atoms with Gasteiger partial charge in [-0.1, -0.05) is 0 Å². The Morgan fingerprint density at radius 2 is 1.67 bits per heavy atom. The Balaban J connectivity index is 2.57. The minimum absolute atomic E-state index is 0.00782. The molecule has 1 saturated carbocycles. The zero-order valence-corrected chi connectivity index (χ0v) is 13.8. The fourth-order valence-corrected chi connectivity index (χ4v) is 3.44. The summed E-state index contributed by atoms with van der Waals surface area (Å²) in [7, 11) is -0.937. The third kappa shape index (κ3) is 3.75. The van der Waals surface area contributed by atoms with Crippen molar-refractivity contribution in [2.45, 2.75) is 28.7 Å². The molecular formula is C12H14ClNO5S2. The van der Waals surface area contributed by atoms with Gasteiger partial charge in [0.05, 0.1) is 9.79 Å². The lowest BCUT2D eigenvalue weighted by Gasteiger charge is -2.17. The second-order valence-corrected chi connectivity index (χ2v) is 9.63. The number of hydrogen-bond acceptors (Lipinski definition) is 5. The van der Waals surface area contributed by atoms with Crippen molar-refractivity contribution >= 4 is 35.5 Å². The Morgan fingerprint density at radius 3 is 2.10 bits per heavy atom. The van der Waals surface area contributed by atoms with E-state index in [0.29, 0.717) is 0 Å². The first-order valence-electron chi connectivity index (χ1n) is 6.07. The Kier molecular flexibility index (Phi) is 4.07. The van der Waals surface area contributed by atoms with E-state index in [1.165, 1.54) is 11.0 Å². The van der Waals surface area contributed by atoms with Gasteiger partial charge in [0.25, 0.3) is 15.0 Å². The Morgan fingerprint density at radius 1 is 1.14 bits per heavy atom. The summed E-state index contributed by atoms with van der Waals surface area (Å²) < 4.78 is 46.2. The summed E-state index contributed by atoms with van der Waals surface area (Å²) in [5.41, 5.74) is -0.00782. The molecule has 1 aromatic rings. The molecular weight excluding hydrogens is 338 g/mol. The highest BCUT2D eigenvalue weighted by Gasteiger charge is 2.31. The topological polar surface area (TPSA) is 88.6 Å². The van der Waals surface area contributed by atoms with Crippen molar-refractivity contribution in [1.82, 2.24) is 4.90 Å². The number of rotatable bonds is 4. The van der Waals surface area contributed by atoms with Crippen molar-refractivity contribution in [3.8, 4) is 0 Å². The number of carbonyl (C=O) groups is 1. The van der Waals surface area contributed by atoms with Gasteiger partial charge in [0.1, 0.15) is 0 Å². The molecule has 116 valence electrons. The summed E-state index contributed by atoms with van der Waals surface area (Å²) in [5.74, 6) is -0.426. The van der Waals surface area contributed by atoms with Crippen LogP contribution in [0.25, 0.3) is 0 Å². The van der Waals surface area contributed by atoms with Crippen LogP contribution in [0.1, 0.15) is 23.2 Å². The molecule has 2 rings (SSSR count). The zero-order valence-electron chi connectivity index (χ0n) is 11.4. The van der Waals surface area contributed by atoms with Gasteiger partial charge >= 0.3 is 0 Å². The Bertz CT molecular complexity index is 747. The molecule has 0 aromatic heterocycles. The molecule has 0 N–H and O–H groups in total. The van der Waals surface area contributed by atoms with Crippen LogP contribution in [0.3, 0.4) is 0 Å². The van der Waals surface area contributed by atoms with Gasteiger partial charge in [0.15, 0.2) is 9.84 Å². The number of nitrogens with zero attached hydrogens (tertiary/aromatic N) is 1. The van der Waals surface area contributed by atoms with Gasteiger partial charge in [-0.25, -0.2) is 16.8 Å². The molecule has 1 aromatic carbocycles. The van der Waals surface area contributed by atoms with E-state index in [9.17, 15) is 21.6 Å². The monoisotopic (exact) mass is 351 g/mol. The van der Waals surface area contributed by atoms with Gasteiger partial charge < -0.3 is 4.90 Å². The van der Waals surface area contributed by atoms with Gasteiger partial charge in [0.2, 0.25) is 0 Å². The van der Waals surface area contributed by atoms with Crippen LogP contribution in [0, 0.1) is 0 Å². The van der Waals surface area contributed by atoms with Crippen LogP contribution in [0.5, 0.6) is 0 Å². The first-order chi connectivity index (χ1) is 9.50. The van der Waals surface area contributed by atoms with Crippen molar-refractivity contribution in [2.24, 2.45) is 0 Å². The number of amides is 1. The lowest BCUT2D eigenvalue weighted by Crippen LogP contribution is -2.29. The third-order valence-electron chi connectivity index (χ3n) is 3.25. The first-order valence-corrected chi connectivity index (χ1v) is 10.3. The normalized spacial score (nSPS) is 15.8. The SMILES string of the molecule is CN(C(=O)c1cc(S(C)(=O)=O)cc(S(=O)(=O)Cl)c1)C1CC1. The van der Waals surface area contributed by atoms with Crippen molar-refractivity contribution in [1.29, 1.82) is 0 Å². The van der Waals surface area contributed by atoms with E-state index in [4.69, 9.17) is 10.7 Å². The van der Waals surface area contributed by atoms with Gasteiger partial charge in [-0.2, -0.15) is 0 Å². The largest absolute Gasteiger partial charge is 0.339 e. The molecule has 1 aliphatic rings. The summed E-state index contributed by atoms with van der Waals surface area (Å²) in [5, 5.41) is 0. The number of halogens is 1. The van der Waals surface area contributed by atoms with Crippen LogP contribution in [0.2, 0.25) is 0 Å². The fraction of sp³-hybridized carbons (Fsp3) is 0.417. The summed E-state index contributed by atoms with van der Waals surface area (Å²) >= 11 is 0.